The third-order valence-corrected chi connectivity index (χ3v) is 25.9. The van der Waals surface area contributed by atoms with Crippen LogP contribution in [-0.2, 0) is 40.1 Å². The molecule has 0 aromatic heterocycles. The van der Waals surface area contributed by atoms with E-state index in [1.807, 2.05) is 27.7 Å². The molecule has 0 radical (unpaired) electrons. The minimum Gasteiger partial charge on any atom is -0.415 e. The normalized spacial score (nSPS) is 18.3. The lowest BCUT2D eigenvalue weighted by Crippen LogP contribution is -2.64. The molecule has 0 heterocycles. The van der Waals surface area contributed by atoms with E-state index in [1.165, 1.54) is 0 Å². The van der Waals surface area contributed by atoms with E-state index in [0.29, 0.717) is 52.9 Å². The van der Waals surface area contributed by atoms with Gasteiger partial charge in [0, 0.05) is 91.3 Å². The molecule has 0 aromatic carbocycles. The number of ether oxygens (including phenoxy) is 4. The molecule has 236 valence electrons. The van der Waals surface area contributed by atoms with E-state index >= 15 is 0 Å². The fourth-order valence-electron chi connectivity index (χ4n) is 4.57. The van der Waals surface area contributed by atoms with Crippen molar-refractivity contribution in [1.82, 2.24) is 0 Å². The lowest BCUT2D eigenvalue weighted by molar-refractivity contribution is 0.136. The van der Waals surface area contributed by atoms with Crippen LogP contribution >= 0.6 is 0 Å². The minimum atomic E-state index is -2.85. The van der Waals surface area contributed by atoms with E-state index in [-0.39, 0.29) is 0 Å². The Kier molecular flexibility index (Phi) is 22.4. The first-order valence-electron chi connectivity index (χ1n) is 15.2. The second-order valence-corrected chi connectivity index (χ2v) is 24.9. The molecule has 0 spiro atoms. The van der Waals surface area contributed by atoms with E-state index in [1.54, 1.807) is 14.2 Å². The van der Waals surface area contributed by atoms with E-state index in [2.05, 4.69) is 27.7 Å². The maximum absolute atomic E-state index is 7.45. The molecule has 0 saturated heterocycles. The second-order valence-electron chi connectivity index (χ2n) is 9.56. The standard InChI is InChI=1S/C26H62O9Si4/c1-11-29-19-23-36(15-5,27-9)33-38(17-7,25-21-31-13-3)35-39(18-8,26-22-32-14-4)34-37(16-6,28-10)24-20-30-12-2/h11-26H2,1-10H3. The van der Waals surface area contributed by atoms with Gasteiger partial charge < -0.3 is 40.1 Å². The Morgan fingerprint density at radius 2 is 0.590 bits per heavy atom. The summed E-state index contributed by atoms with van der Waals surface area (Å²) in [4.78, 5) is 0. The highest BCUT2D eigenvalue weighted by atomic mass is 28.5. The molecule has 0 amide bonds. The quantitative estimate of drug-likeness (QED) is 0.0728. The summed E-state index contributed by atoms with van der Waals surface area (Å²) in [6.45, 7) is 21.8. The summed E-state index contributed by atoms with van der Waals surface area (Å²) in [6.07, 6.45) is 0. The highest BCUT2D eigenvalue weighted by Crippen LogP contribution is 2.37. The van der Waals surface area contributed by atoms with Crippen molar-refractivity contribution >= 4 is 34.2 Å². The predicted molar refractivity (Wildman–Crippen MR) is 167 cm³/mol. The molecule has 9 nitrogen and oxygen atoms in total. The van der Waals surface area contributed by atoms with Gasteiger partial charge in [-0.2, -0.15) is 0 Å². The van der Waals surface area contributed by atoms with Crippen LogP contribution in [0.1, 0.15) is 55.4 Å². The fraction of sp³-hybridized carbons (Fsp3) is 1.00. The summed E-state index contributed by atoms with van der Waals surface area (Å²) in [5.74, 6) is 0. The van der Waals surface area contributed by atoms with Crippen LogP contribution < -0.4 is 0 Å². The second kappa shape index (κ2) is 22.1. The first-order valence-corrected chi connectivity index (χ1v) is 24.2. The van der Waals surface area contributed by atoms with Gasteiger partial charge in [-0.1, -0.05) is 27.7 Å². The summed E-state index contributed by atoms with van der Waals surface area (Å²) in [5.41, 5.74) is 0. The van der Waals surface area contributed by atoms with E-state index in [0.717, 1.165) is 48.4 Å². The SMILES string of the molecule is CCOCC[Si](CC)(OC)O[Si](CC)(CCOCC)O[Si](CC)(CCOCC)O[Si](CC)(CCOCC)OC. The molecule has 0 saturated carbocycles. The lowest BCUT2D eigenvalue weighted by atomic mass is 10.8. The molecule has 0 fully saturated rings. The number of rotatable bonds is 28. The van der Waals surface area contributed by atoms with Crippen molar-refractivity contribution in [2.75, 3.05) is 67.1 Å². The molecule has 4 atom stereocenters. The van der Waals surface area contributed by atoms with E-state index in [9.17, 15) is 0 Å². The summed E-state index contributed by atoms with van der Waals surface area (Å²) in [7, 11) is -7.34. The van der Waals surface area contributed by atoms with Gasteiger partial charge >= 0.3 is 34.2 Å². The Morgan fingerprint density at radius 3 is 0.795 bits per heavy atom. The Balaban J connectivity index is 6.57. The molecule has 13 heteroatoms. The Hall–Kier alpha value is 0.508. The van der Waals surface area contributed by atoms with Gasteiger partial charge in [-0.3, -0.25) is 0 Å². The van der Waals surface area contributed by atoms with Crippen LogP contribution in [0.15, 0.2) is 0 Å². The molecule has 39 heavy (non-hydrogen) atoms. The Morgan fingerprint density at radius 1 is 0.359 bits per heavy atom. The van der Waals surface area contributed by atoms with Crippen molar-refractivity contribution in [1.29, 1.82) is 0 Å². The average Bonchev–Trinajstić information content (AvgIpc) is 2.96. The van der Waals surface area contributed by atoms with Crippen LogP contribution in [-0.4, -0.2) is 101 Å². The van der Waals surface area contributed by atoms with Crippen molar-refractivity contribution in [3.63, 3.8) is 0 Å². The van der Waals surface area contributed by atoms with Crippen LogP contribution in [0.5, 0.6) is 0 Å². The zero-order valence-corrected chi connectivity index (χ0v) is 31.0. The van der Waals surface area contributed by atoms with Gasteiger partial charge in [-0.25, -0.2) is 0 Å². The maximum Gasteiger partial charge on any atom is 0.331 e. The molecule has 0 rings (SSSR count). The lowest BCUT2D eigenvalue weighted by Gasteiger charge is -2.47. The molecular weight excluding hydrogens is 569 g/mol. The third-order valence-electron chi connectivity index (χ3n) is 7.34. The molecule has 0 aromatic rings. The fourth-order valence-corrected chi connectivity index (χ4v) is 24.6. The van der Waals surface area contributed by atoms with E-state index in [4.69, 9.17) is 40.1 Å². The number of hydrogen-bond acceptors (Lipinski definition) is 9. The summed E-state index contributed by atoms with van der Waals surface area (Å²) in [5, 5.41) is 0. The first-order chi connectivity index (χ1) is 18.7. The zero-order valence-electron chi connectivity index (χ0n) is 27.0. The van der Waals surface area contributed by atoms with Gasteiger partial charge in [-0.15, -0.1) is 0 Å². The van der Waals surface area contributed by atoms with Gasteiger partial charge in [0.25, 0.3) is 0 Å². The van der Waals surface area contributed by atoms with Crippen LogP contribution in [0, 0.1) is 0 Å². The highest BCUT2D eigenvalue weighted by Gasteiger charge is 2.55. The van der Waals surface area contributed by atoms with Gasteiger partial charge in [-0.05, 0) is 51.9 Å². The molecule has 0 bridgehead atoms. The van der Waals surface area contributed by atoms with Crippen molar-refractivity contribution < 1.29 is 40.1 Å². The van der Waals surface area contributed by atoms with Gasteiger partial charge in [0.1, 0.15) is 0 Å². The Bertz CT molecular complexity index is 538. The van der Waals surface area contributed by atoms with Crippen LogP contribution in [0.4, 0.5) is 0 Å². The van der Waals surface area contributed by atoms with Gasteiger partial charge in [0.15, 0.2) is 0 Å². The smallest absolute Gasteiger partial charge is 0.331 e. The largest absolute Gasteiger partial charge is 0.415 e. The minimum absolute atomic E-state index is 0.588. The Labute approximate surface area is 244 Å². The molecule has 0 N–H and O–H groups in total. The van der Waals surface area contributed by atoms with Crippen LogP contribution in [0.3, 0.4) is 0 Å². The average molecular weight is 631 g/mol. The molecule has 0 aliphatic rings. The maximum atomic E-state index is 7.45. The summed E-state index contributed by atoms with van der Waals surface area (Å²) < 4.78 is 57.6. The molecular formula is C26H62O9Si4. The third kappa shape index (κ3) is 14.0. The van der Waals surface area contributed by atoms with E-state index < -0.39 is 34.2 Å². The summed E-state index contributed by atoms with van der Waals surface area (Å²) >= 11 is 0. The summed E-state index contributed by atoms with van der Waals surface area (Å²) in [6, 6.07) is 6.20. The molecule has 4 unspecified atom stereocenters. The van der Waals surface area contributed by atoms with Gasteiger partial charge in [0.2, 0.25) is 0 Å². The van der Waals surface area contributed by atoms with Crippen molar-refractivity contribution in [2.45, 2.75) is 104 Å². The van der Waals surface area contributed by atoms with Crippen LogP contribution in [0.25, 0.3) is 0 Å². The van der Waals surface area contributed by atoms with Crippen LogP contribution in [0.2, 0.25) is 48.4 Å². The predicted octanol–water partition coefficient (Wildman–Crippen LogP) is 6.32. The topological polar surface area (TPSA) is 83.1 Å². The van der Waals surface area contributed by atoms with Crippen molar-refractivity contribution in [2.24, 2.45) is 0 Å². The van der Waals surface area contributed by atoms with Gasteiger partial charge in [0.05, 0.1) is 0 Å². The molecule has 0 aliphatic carbocycles. The zero-order chi connectivity index (χ0) is 29.7. The van der Waals surface area contributed by atoms with Crippen molar-refractivity contribution in [3.05, 3.63) is 0 Å². The van der Waals surface area contributed by atoms with Crippen molar-refractivity contribution in [3.8, 4) is 0 Å². The highest BCUT2D eigenvalue weighted by molar-refractivity contribution is 6.90. The molecule has 0 aliphatic heterocycles. The number of hydrogen-bond donors (Lipinski definition) is 0. The monoisotopic (exact) mass is 630 g/mol. The first kappa shape index (κ1) is 39.5.